The molecule has 1 aliphatic rings. The summed E-state index contributed by atoms with van der Waals surface area (Å²) in [7, 11) is -3.30. The molecule has 0 aliphatic heterocycles. The zero-order chi connectivity index (χ0) is 50.8. The molecule has 1 saturated carbocycles. The van der Waals surface area contributed by atoms with Crippen molar-refractivity contribution in [1.29, 1.82) is 0 Å². The van der Waals surface area contributed by atoms with Gasteiger partial charge in [-0.1, -0.05) is 77.6 Å². The fourth-order valence-electron chi connectivity index (χ4n) is 7.15. The number of carbonyl (C=O) groups is 8. The number of hydrogen-bond acceptors (Lipinski definition) is 16. The molecule has 1 fully saturated rings. The molecule has 0 spiro atoms. The van der Waals surface area contributed by atoms with Gasteiger partial charge in [-0.2, -0.15) is 8.42 Å². The molecule has 4 rings (SSSR count). The molecular weight excluding hydrogens is 949 g/mol. The van der Waals surface area contributed by atoms with Crippen LogP contribution in [0.5, 0.6) is 5.75 Å². The molecule has 376 valence electrons. The molecule has 2 aromatic heterocycles. The van der Waals surface area contributed by atoms with Gasteiger partial charge in [-0.3, -0.25) is 48.7 Å². The van der Waals surface area contributed by atoms with Gasteiger partial charge in [0.1, 0.15) is 35.6 Å². The summed E-state index contributed by atoms with van der Waals surface area (Å²) in [5.41, 5.74) is 0.140. The van der Waals surface area contributed by atoms with Crippen LogP contribution in [0.25, 0.3) is 0 Å². The van der Waals surface area contributed by atoms with E-state index in [0.717, 1.165) is 19.3 Å². The molecule has 22 nitrogen and oxygen atoms in total. The van der Waals surface area contributed by atoms with Crippen LogP contribution in [0.1, 0.15) is 106 Å². The number of aromatic nitrogens is 4. The lowest BCUT2D eigenvalue weighted by Gasteiger charge is -2.31. The van der Waals surface area contributed by atoms with Gasteiger partial charge in [0.2, 0.25) is 35.1 Å². The number of ketones is 1. The minimum Gasteiger partial charge on any atom is -0.497 e. The fraction of sp³-hybridized carbons (Fsp3) is 0.535. The Hall–Kier alpha value is -6.57. The van der Waals surface area contributed by atoms with E-state index < -0.39 is 111 Å². The summed E-state index contributed by atoms with van der Waals surface area (Å²) >= 11 is 0.387. The molecular formula is C43H57F2N11O11S2. The predicted octanol–water partition coefficient (Wildman–Crippen LogP) is 2.05. The Bertz CT molecular complexity index is 2390. The molecule has 26 heteroatoms. The number of rotatable bonds is 25. The lowest BCUT2D eigenvalue weighted by Crippen LogP contribution is -2.60. The molecule has 1 aromatic carbocycles. The Morgan fingerprint density at radius 3 is 2.09 bits per heavy atom. The van der Waals surface area contributed by atoms with E-state index in [1.807, 2.05) is 19.2 Å². The summed E-state index contributed by atoms with van der Waals surface area (Å²) in [5, 5.41) is 21.2. The standard InChI is InChI=1S/C43H57F2N11O11S2/c1-6-24(4)34(52-38(61)29(18-23(2)3)50-39(62)31-21-46-16-17-47-31)40(63)51-30(19-25-10-8-7-9-11-25)37(60)49-28(20-32(44)45)35(58)41(64)48-22-33(57)56-69(65,66)43-55-54-42(68-43)53-36(59)26-12-14-27(67-5)15-13-26/h12-17,21,23-25,28-30,32,34H,6-11,18-20,22H2,1-5H3,(H,48,64)(H,49,60)(H,50,62)(H,51,63)(H,52,61)(H,56,57)(H,53,54,59). The largest absolute Gasteiger partial charge is 0.497 e. The van der Waals surface area contributed by atoms with Gasteiger partial charge in [-0.25, -0.2) is 18.5 Å². The topological polar surface area (TPSA) is 316 Å². The Morgan fingerprint density at radius 2 is 1.48 bits per heavy atom. The summed E-state index contributed by atoms with van der Waals surface area (Å²) in [6, 6.07) is -0.0398. The SMILES string of the molecule is CCC(C)C(NC(=O)C(CC(C)C)NC(=O)c1cnccn1)C(=O)NC(CC1CCCCC1)C(=O)NC(CC(F)F)C(=O)C(=O)NCC(=O)NS(=O)(=O)c1nnc(NC(=O)c2ccc(OC)cc2)s1. The quantitative estimate of drug-likeness (QED) is 0.0472. The first-order chi connectivity index (χ1) is 32.7. The Labute approximate surface area is 401 Å². The zero-order valence-electron chi connectivity index (χ0n) is 38.6. The van der Waals surface area contributed by atoms with Crippen molar-refractivity contribution in [3.05, 3.63) is 54.1 Å². The van der Waals surface area contributed by atoms with Gasteiger partial charge in [-0.15, -0.1) is 10.2 Å². The van der Waals surface area contributed by atoms with E-state index in [4.69, 9.17) is 4.74 Å². The molecule has 7 N–H and O–H groups in total. The first kappa shape index (κ1) is 55.0. The third-order valence-corrected chi connectivity index (χ3v) is 13.6. The number of benzene rings is 1. The molecule has 0 saturated heterocycles. The molecule has 5 atom stereocenters. The number of hydrogen-bond donors (Lipinski definition) is 7. The highest BCUT2D eigenvalue weighted by Gasteiger charge is 2.37. The number of anilines is 1. The van der Waals surface area contributed by atoms with Gasteiger partial charge in [0.25, 0.3) is 38.0 Å². The maximum atomic E-state index is 14.1. The molecule has 7 amide bonds. The number of sulfonamides is 1. The van der Waals surface area contributed by atoms with E-state index in [1.165, 1.54) is 50.0 Å². The average molecular weight is 1010 g/mol. The number of halogens is 2. The zero-order valence-corrected chi connectivity index (χ0v) is 40.2. The average Bonchev–Trinajstić information content (AvgIpc) is 3.81. The predicted molar refractivity (Wildman–Crippen MR) is 244 cm³/mol. The van der Waals surface area contributed by atoms with Gasteiger partial charge >= 0.3 is 0 Å². The van der Waals surface area contributed by atoms with Crippen molar-refractivity contribution in [2.75, 3.05) is 19.0 Å². The van der Waals surface area contributed by atoms with Crippen molar-refractivity contribution < 1.29 is 60.3 Å². The van der Waals surface area contributed by atoms with Crippen LogP contribution >= 0.6 is 11.3 Å². The van der Waals surface area contributed by atoms with Gasteiger partial charge < -0.3 is 31.3 Å². The van der Waals surface area contributed by atoms with Crippen molar-refractivity contribution >= 4 is 73.6 Å². The number of nitrogens with zero attached hydrogens (tertiary/aromatic N) is 4. The van der Waals surface area contributed by atoms with Crippen molar-refractivity contribution in [2.45, 2.75) is 120 Å². The van der Waals surface area contributed by atoms with Gasteiger partial charge in [-0.05, 0) is 54.9 Å². The van der Waals surface area contributed by atoms with Crippen LogP contribution < -0.4 is 41.4 Å². The normalized spacial score (nSPS) is 15.1. The minimum atomic E-state index is -4.74. The van der Waals surface area contributed by atoms with Gasteiger partial charge in [0.15, 0.2) is 0 Å². The molecule has 2 heterocycles. The van der Waals surface area contributed by atoms with Crippen LogP contribution in [0.4, 0.5) is 13.9 Å². The van der Waals surface area contributed by atoms with Crippen molar-refractivity contribution in [1.82, 2.24) is 51.5 Å². The van der Waals surface area contributed by atoms with Gasteiger partial charge in [0, 0.05) is 24.4 Å². The first-order valence-corrected chi connectivity index (χ1v) is 24.4. The molecule has 69 heavy (non-hydrogen) atoms. The second-order valence-electron chi connectivity index (χ2n) is 16.7. The Morgan fingerprint density at radius 1 is 0.812 bits per heavy atom. The number of ether oxygens (including phenoxy) is 1. The van der Waals surface area contributed by atoms with Crippen LogP contribution in [0.15, 0.2) is 47.2 Å². The first-order valence-electron chi connectivity index (χ1n) is 22.1. The van der Waals surface area contributed by atoms with Crippen LogP contribution in [0.3, 0.4) is 0 Å². The lowest BCUT2D eigenvalue weighted by molar-refractivity contribution is -0.141. The van der Waals surface area contributed by atoms with Crippen LogP contribution in [0, 0.1) is 17.8 Å². The summed E-state index contributed by atoms with van der Waals surface area (Å²) in [5.74, 6) is -8.77. The van der Waals surface area contributed by atoms with Crippen molar-refractivity contribution in [3.8, 4) is 5.75 Å². The number of amides is 7. The van der Waals surface area contributed by atoms with E-state index in [0.29, 0.717) is 36.3 Å². The third-order valence-electron chi connectivity index (χ3n) is 11.0. The van der Waals surface area contributed by atoms with Crippen LogP contribution in [0.2, 0.25) is 0 Å². The summed E-state index contributed by atoms with van der Waals surface area (Å²) < 4.78 is 59.5. The number of methoxy groups -OCH3 is 1. The summed E-state index contributed by atoms with van der Waals surface area (Å²) in [6.07, 6.45) is 3.83. The highest BCUT2D eigenvalue weighted by molar-refractivity contribution is 7.92. The Kier molecular flexibility index (Phi) is 20.9. The molecule has 0 radical (unpaired) electrons. The van der Waals surface area contributed by atoms with E-state index >= 15 is 0 Å². The van der Waals surface area contributed by atoms with E-state index in [1.54, 1.807) is 18.6 Å². The van der Waals surface area contributed by atoms with Crippen molar-refractivity contribution in [2.24, 2.45) is 17.8 Å². The smallest absolute Gasteiger partial charge is 0.293 e. The maximum Gasteiger partial charge on any atom is 0.293 e. The monoisotopic (exact) mass is 1010 g/mol. The van der Waals surface area contributed by atoms with Crippen molar-refractivity contribution in [3.63, 3.8) is 0 Å². The maximum absolute atomic E-state index is 14.1. The Balaban J connectivity index is 1.43. The minimum absolute atomic E-state index is 0.0183. The van der Waals surface area contributed by atoms with E-state index in [9.17, 15) is 55.6 Å². The van der Waals surface area contributed by atoms with Crippen LogP contribution in [-0.4, -0.2) is 120 Å². The molecule has 1 aliphatic carbocycles. The number of Topliss-reactive ketones (excluding diaryl/α,β-unsaturated/α-hetero) is 1. The third kappa shape index (κ3) is 17.2. The molecule has 0 bridgehead atoms. The number of alkyl halides is 2. The second-order valence-corrected chi connectivity index (χ2v) is 19.6. The summed E-state index contributed by atoms with van der Waals surface area (Å²) in [4.78, 5) is 114. The van der Waals surface area contributed by atoms with Crippen LogP contribution in [-0.2, 0) is 38.8 Å². The van der Waals surface area contributed by atoms with E-state index in [-0.39, 0.29) is 41.1 Å². The highest BCUT2D eigenvalue weighted by atomic mass is 32.2. The highest BCUT2D eigenvalue weighted by Crippen LogP contribution is 2.28. The lowest BCUT2D eigenvalue weighted by atomic mass is 9.84. The van der Waals surface area contributed by atoms with Gasteiger partial charge in [0.05, 0.1) is 19.9 Å². The summed E-state index contributed by atoms with van der Waals surface area (Å²) in [6.45, 7) is 5.96. The second kappa shape index (κ2) is 26.3. The number of nitrogens with one attached hydrogen (secondary N) is 7. The number of carbonyl (C=O) groups excluding carboxylic acids is 8. The van der Waals surface area contributed by atoms with E-state index in [2.05, 4.69) is 46.7 Å². The molecule has 3 aromatic rings. The fourth-order valence-corrected chi connectivity index (χ4v) is 9.04. The molecule has 5 unspecified atom stereocenters.